The van der Waals surface area contributed by atoms with Gasteiger partial charge in [0.25, 0.3) is 0 Å². The number of aryl methyl sites for hydroxylation is 4. The van der Waals surface area contributed by atoms with Gasteiger partial charge in [0, 0.05) is 5.41 Å². The molecular weight excluding hydrogens is 372 g/mol. The Morgan fingerprint density at radius 3 is 1.55 bits per heavy atom. The van der Waals surface area contributed by atoms with Gasteiger partial charge in [0.05, 0.1) is 0 Å². The SMILES string of the molecule is Cc1ccccc1-c1cc(C)c(-c2cc3c(cc2C)-c2ccccc2C3(C)C)cc1C. The molecule has 0 amide bonds. The zero-order valence-electron chi connectivity index (χ0n) is 19.4. The topological polar surface area (TPSA) is 0 Å². The van der Waals surface area contributed by atoms with Gasteiger partial charge in [-0.1, -0.05) is 80.6 Å². The van der Waals surface area contributed by atoms with Crippen molar-refractivity contribution in [2.45, 2.75) is 47.0 Å². The molecule has 0 aromatic heterocycles. The summed E-state index contributed by atoms with van der Waals surface area (Å²) in [6, 6.07) is 27.2. The third-order valence-electron chi connectivity index (χ3n) is 7.23. The van der Waals surface area contributed by atoms with Crippen LogP contribution in [-0.2, 0) is 5.41 Å². The Labute approximate surface area is 186 Å². The predicted octanol–water partition coefficient (Wildman–Crippen LogP) is 8.56. The number of benzene rings is 4. The highest BCUT2D eigenvalue weighted by molar-refractivity contribution is 5.86. The first-order valence-electron chi connectivity index (χ1n) is 11.2. The average Bonchev–Trinajstić information content (AvgIpc) is 2.96. The van der Waals surface area contributed by atoms with Crippen molar-refractivity contribution in [3.05, 3.63) is 106 Å². The molecule has 0 heteroatoms. The summed E-state index contributed by atoms with van der Waals surface area (Å²) in [4.78, 5) is 0. The Morgan fingerprint density at radius 2 is 0.903 bits per heavy atom. The van der Waals surface area contributed by atoms with Crippen molar-refractivity contribution < 1.29 is 0 Å². The van der Waals surface area contributed by atoms with Crippen molar-refractivity contribution in [3.63, 3.8) is 0 Å². The van der Waals surface area contributed by atoms with Crippen LogP contribution in [0.25, 0.3) is 33.4 Å². The number of hydrogen-bond donors (Lipinski definition) is 0. The van der Waals surface area contributed by atoms with Crippen molar-refractivity contribution in [1.29, 1.82) is 0 Å². The summed E-state index contributed by atoms with van der Waals surface area (Å²) in [7, 11) is 0. The highest BCUT2D eigenvalue weighted by Crippen LogP contribution is 2.50. The van der Waals surface area contributed by atoms with Gasteiger partial charge < -0.3 is 0 Å². The highest BCUT2D eigenvalue weighted by atomic mass is 14.4. The third-order valence-corrected chi connectivity index (χ3v) is 7.23. The van der Waals surface area contributed by atoms with E-state index in [2.05, 4.69) is 114 Å². The molecule has 1 aliphatic rings. The zero-order chi connectivity index (χ0) is 21.9. The Morgan fingerprint density at radius 1 is 0.419 bits per heavy atom. The summed E-state index contributed by atoms with van der Waals surface area (Å²) in [5.41, 5.74) is 16.4. The molecule has 0 unspecified atom stereocenters. The molecule has 4 aromatic carbocycles. The Balaban J connectivity index is 1.69. The molecule has 1 aliphatic carbocycles. The molecule has 0 fully saturated rings. The smallest absolute Gasteiger partial charge is 0.0159 e. The minimum absolute atomic E-state index is 0.0262. The fourth-order valence-corrected chi connectivity index (χ4v) is 5.42. The molecule has 5 rings (SSSR count). The summed E-state index contributed by atoms with van der Waals surface area (Å²) < 4.78 is 0. The molecular formula is C31H30. The Kier molecular flexibility index (Phi) is 4.45. The maximum absolute atomic E-state index is 2.46. The fourth-order valence-electron chi connectivity index (χ4n) is 5.42. The molecule has 0 bridgehead atoms. The maximum atomic E-state index is 2.46. The first-order chi connectivity index (χ1) is 14.8. The minimum Gasteiger partial charge on any atom is -0.0620 e. The molecule has 31 heavy (non-hydrogen) atoms. The van der Waals surface area contributed by atoms with Crippen molar-refractivity contribution in [2.75, 3.05) is 0 Å². The van der Waals surface area contributed by atoms with E-state index in [9.17, 15) is 0 Å². The van der Waals surface area contributed by atoms with E-state index in [4.69, 9.17) is 0 Å². The summed E-state index contributed by atoms with van der Waals surface area (Å²) in [5.74, 6) is 0. The van der Waals surface area contributed by atoms with E-state index in [1.807, 2.05) is 0 Å². The second kappa shape index (κ2) is 6.95. The van der Waals surface area contributed by atoms with Gasteiger partial charge in [-0.15, -0.1) is 0 Å². The third kappa shape index (κ3) is 2.97. The lowest BCUT2D eigenvalue weighted by atomic mass is 9.80. The first-order valence-corrected chi connectivity index (χ1v) is 11.2. The summed E-state index contributed by atoms with van der Waals surface area (Å²) in [6.07, 6.45) is 0. The van der Waals surface area contributed by atoms with Gasteiger partial charge >= 0.3 is 0 Å². The molecule has 0 N–H and O–H groups in total. The van der Waals surface area contributed by atoms with E-state index in [-0.39, 0.29) is 5.41 Å². The summed E-state index contributed by atoms with van der Waals surface area (Å²) in [6.45, 7) is 13.7. The fraction of sp³-hybridized carbons (Fsp3) is 0.226. The Bertz CT molecular complexity index is 1330. The largest absolute Gasteiger partial charge is 0.0620 e. The second-order valence-electron chi connectivity index (χ2n) is 9.68. The van der Waals surface area contributed by atoms with Gasteiger partial charge in [-0.25, -0.2) is 0 Å². The van der Waals surface area contributed by atoms with E-state index >= 15 is 0 Å². The number of rotatable bonds is 2. The zero-order valence-corrected chi connectivity index (χ0v) is 19.4. The molecule has 0 saturated carbocycles. The van der Waals surface area contributed by atoms with Crippen LogP contribution in [-0.4, -0.2) is 0 Å². The van der Waals surface area contributed by atoms with E-state index in [0.29, 0.717) is 0 Å². The van der Waals surface area contributed by atoms with Crippen molar-refractivity contribution in [3.8, 4) is 33.4 Å². The van der Waals surface area contributed by atoms with Crippen LogP contribution >= 0.6 is 0 Å². The second-order valence-corrected chi connectivity index (χ2v) is 9.68. The lowest BCUT2D eigenvalue weighted by Crippen LogP contribution is -2.15. The van der Waals surface area contributed by atoms with Crippen LogP contribution in [0.3, 0.4) is 0 Å². The van der Waals surface area contributed by atoms with Crippen LogP contribution in [0.4, 0.5) is 0 Å². The van der Waals surface area contributed by atoms with Crippen LogP contribution in [0.15, 0.2) is 72.8 Å². The van der Waals surface area contributed by atoms with E-state index in [1.54, 1.807) is 0 Å². The molecule has 0 radical (unpaired) electrons. The van der Waals surface area contributed by atoms with Crippen LogP contribution in [0.5, 0.6) is 0 Å². The molecule has 0 nitrogen and oxygen atoms in total. The molecule has 0 aliphatic heterocycles. The number of fused-ring (bicyclic) bond motifs is 3. The lowest BCUT2D eigenvalue weighted by Gasteiger charge is -2.23. The minimum atomic E-state index is 0.0262. The highest BCUT2D eigenvalue weighted by Gasteiger charge is 2.35. The van der Waals surface area contributed by atoms with E-state index < -0.39 is 0 Å². The molecule has 0 saturated heterocycles. The van der Waals surface area contributed by atoms with Gasteiger partial charge in [-0.2, -0.15) is 0 Å². The number of hydrogen-bond acceptors (Lipinski definition) is 0. The monoisotopic (exact) mass is 402 g/mol. The van der Waals surface area contributed by atoms with Gasteiger partial charge in [-0.05, 0) is 101 Å². The summed E-state index contributed by atoms with van der Waals surface area (Å²) in [5, 5.41) is 0. The average molecular weight is 403 g/mol. The van der Waals surface area contributed by atoms with E-state index in [0.717, 1.165) is 0 Å². The lowest BCUT2D eigenvalue weighted by molar-refractivity contribution is 0.660. The van der Waals surface area contributed by atoms with Gasteiger partial charge in [0.1, 0.15) is 0 Å². The molecule has 154 valence electrons. The standard InChI is InChI=1S/C31H30/c1-19-11-7-8-12-23(19)25-15-21(3)26(16-20(25)2)27-18-30-28(17-22(27)4)24-13-9-10-14-29(24)31(30,5)6/h7-18H,1-6H3. The van der Waals surface area contributed by atoms with E-state index in [1.165, 1.54) is 66.8 Å². The molecule has 0 heterocycles. The normalized spacial score (nSPS) is 13.7. The van der Waals surface area contributed by atoms with Crippen molar-refractivity contribution in [1.82, 2.24) is 0 Å². The quantitative estimate of drug-likeness (QED) is 0.315. The first kappa shape index (κ1) is 19.8. The van der Waals surface area contributed by atoms with Crippen LogP contribution < -0.4 is 0 Å². The van der Waals surface area contributed by atoms with Crippen LogP contribution in [0.1, 0.15) is 47.2 Å². The van der Waals surface area contributed by atoms with Crippen molar-refractivity contribution in [2.24, 2.45) is 0 Å². The van der Waals surface area contributed by atoms with Crippen LogP contribution in [0, 0.1) is 27.7 Å². The maximum Gasteiger partial charge on any atom is 0.0159 e. The van der Waals surface area contributed by atoms with Gasteiger partial charge in [0.15, 0.2) is 0 Å². The predicted molar refractivity (Wildman–Crippen MR) is 134 cm³/mol. The Hall–Kier alpha value is -3.12. The van der Waals surface area contributed by atoms with Gasteiger partial charge in [0.2, 0.25) is 0 Å². The molecule has 4 aromatic rings. The molecule has 0 spiro atoms. The molecule has 0 atom stereocenters. The van der Waals surface area contributed by atoms with Crippen molar-refractivity contribution >= 4 is 0 Å². The summed E-state index contributed by atoms with van der Waals surface area (Å²) >= 11 is 0. The van der Waals surface area contributed by atoms with Crippen LogP contribution in [0.2, 0.25) is 0 Å². The van der Waals surface area contributed by atoms with Gasteiger partial charge in [-0.3, -0.25) is 0 Å².